The van der Waals surface area contributed by atoms with E-state index in [2.05, 4.69) is 122 Å². The maximum absolute atomic E-state index is 5.73. The van der Waals surface area contributed by atoms with Crippen molar-refractivity contribution < 1.29 is 26.0 Å². The van der Waals surface area contributed by atoms with Crippen LogP contribution in [0.15, 0.2) is 124 Å². The van der Waals surface area contributed by atoms with Crippen LogP contribution < -0.4 is 4.74 Å². The molecule has 2 aliphatic carbocycles. The molecular formula is C33H28OZr. The molecule has 1 unspecified atom stereocenters. The van der Waals surface area contributed by atoms with Crippen molar-refractivity contribution >= 4 is 3.21 Å². The average molecular weight is 532 g/mol. The minimum absolute atomic E-state index is 0.402. The first-order valence-electron chi connectivity index (χ1n) is 12.2. The van der Waals surface area contributed by atoms with Crippen LogP contribution in [-0.4, -0.2) is 10.3 Å². The third-order valence-electron chi connectivity index (χ3n) is 7.21. The van der Waals surface area contributed by atoms with Crippen molar-refractivity contribution in [3.05, 3.63) is 146 Å². The van der Waals surface area contributed by atoms with E-state index in [9.17, 15) is 0 Å². The molecule has 35 heavy (non-hydrogen) atoms. The van der Waals surface area contributed by atoms with Gasteiger partial charge in [-0.05, 0) is 0 Å². The predicted octanol–water partition coefficient (Wildman–Crippen LogP) is 7.89. The van der Waals surface area contributed by atoms with Gasteiger partial charge in [0.2, 0.25) is 0 Å². The SMILES string of the molecule is COc1ccc2c(c1)[CH]([Zr]([C]1=CC(C)=CC1)=[C](c1ccccc1)c1ccccc1)c1ccccc1-2. The molecule has 0 aromatic heterocycles. The number of hydrogen-bond acceptors (Lipinski definition) is 1. The molecule has 0 bridgehead atoms. The summed E-state index contributed by atoms with van der Waals surface area (Å²) in [5.74, 6) is 0.944. The van der Waals surface area contributed by atoms with Crippen LogP contribution in [0.25, 0.3) is 11.1 Å². The molecular weight excluding hydrogens is 504 g/mol. The van der Waals surface area contributed by atoms with Crippen molar-refractivity contribution in [1.82, 2.24) is 0 Å². The Bertz CT molecular complexity index is 1450. The zero-order valence-electron chi connectivity index (χ0n) is 20.2. The van der Waals surface area contributed by atoms with Gasteiger partial charge in [-0.15, -0.1) is 0 Å². The van der Waals surface area contributed by atoms with Gasteiger partial charge in [0, 0.05) is 0 Å². The monoisotopic (exact) mass is 530 g/mol. The molecule has 0 saturated carbocycles. The van der Waals surface area contributed by atoms with Gasteiger partial charge in [-0.25, -0.2) is 0 Å². The average Bonchev–Trinajstić information content (AvgIpc) is 3.49. The number of benzene rings is 4. The molecule has 0 N–H and O–H groups in total. The van der Waals surface area contributed by atoms with Gasteiger partial charge in [-0.1, -0.05) is 0 Å². The number of hydrogen-bond donors (Lipinski definition) is 0. The fourth-order valence-electron chi connectivity index (χ4n) is 5.65. The number of ether oxygens (including phenoxy) is 1. The van der Waals surface area contributed by atoms with E-state index in [0.29, 0.717) is 3.63 Å². The van der Waals surface area contributed by atoms with E-state index in [1.807, 2.05) is 0 Å². The van der Waals surface area contributed by atoms with Crippen LogP contribution in [0.1, 0.15) is 39.2 Å². The van der Waals surface area contributed by atoms with Crippen LogP contribution in [0, 0.1) is 0 Å². The standard InChI is InChI=1S/C14H11O.C13H10.C6H7.Zr/c1-15-12-6-7-14-11(9-12)8-10-4-2-3-5-13(10)14;1-3-7-12(8-4-1)11-13-9-5-2-6-10-13;1-6-4-2-3-5-6;/h2-9H,1H3;1-10H;4-5H,2H2,1H3;. The van der Waals surface area contributed by atoms with E-state index in [1.165, 1.54) is 39.0 Å². The number of rotatable bonds is 5. The zero-order valence-corrected chi connectivity index (χ0v) is 22.6. The van der Waals surface area contributed by atoms with E-state index in [-0.39, 0.29) is 0 Å². The van der Waals surface area contributed by atoms with Crippen molar-refractivity contribution in [2.75, 3.05) is 7.11 Å². The van der Waals surface area contributed by atoms with E-state index in [1.54, 1.807) is 13.6 Å². The molecule has 0 saturated heterocycles. The Morgan fingerprint density at radius 1 is 0.743 bits per heavy atom. The van der Waals surface area contributed by atoms with Crippen LogP contribution in [0.5, 0.6) is 5.75 Å². The van der Waals surface area contributed by atoms with Gasteiger partial charge in [0.15, 0.2) is 0 Å². The van der Waals surface area contributed by atoms with E-state index < -0.39 is 21.3 Å². The number of methoxy groups -OCH3 is 1. The topological polar surface area (TPSA) is 9.23 Å². The zero-order chi connectivity index (χ0) is 23.8. The summed E-state index contributed by atoms with van der Waals surface area (Å²) in [4.78, 5) is 0. The van der Waals surface area contributed by atoms with Crippen molar-refractivity contribution in [2.24, 2.45) is 0 Å². The summed E-state index contributed by atoms with van der Waals surface area (Å²) in [6, 6.07) is 38.0. The summed E-state index contributed by atoms with van der Waals surface area (Å²) in [7, 11) is 1.77. The van der Waals surface area contributed by atoms with Crippen LogP contribution in [0.2, 0.25) is 0 Å². The molecule has 2 aliphatic rings. The summed E-state index contributed by atoms with van der Waals surface area (Å²) in [6.45, 7) is 2.25. The first-order valence-corrected chi connectivity index (χ1v) is 16.1. The quantitative estimate of drug-likeness (QED) is 0.254. The first kappa shape index (κ1) is 22.4. The molecule has 170 valence electrons. The van der Waals surface area contributed by atoms with Gasteiger partial charge in [0.1, 0.15) is 0 Å². The summed E-state index contributed by atoms with van der Waals surface area (Å²) in [5.41, 5.74) is 9.82. The van der Waals surface area contributed by atoms with Crippen molar-refractivity contribution in [1.29, 1.82) is 0 Å². The van der Waals surface area contributed by atoms with Gasteiger partial charge in [0.25, 0.3) is 0 Å². The molecule has 4 aromatic rings. The van der Waals surface area contributed by atoms with Gasteiger partial charge >= 0.3 is 217 Å². The fraction of sp³-hybridized carbons (Fsp3) is 0.121. The Hall–Kier alpha value is -3.09. The molecule has 0 aliphatic heterocycles. The third-order valence-corrected chi connectivity index (χ3v) is 15.5. The molecule has 2 heteroatoms. The summed E-state index contributed by atoms with van der Waals surface area (Å²) in [6.07, 6.45) is 5.99. The van der Waals surface area contributed by atoms with Gasteiger partial charge in [-0.3, -0.25) is 0 Å². The maximum atomic E-state index is 5.73. The van der Waals surface area contributed by atoms with Gasteiger partial charge in [0.05, 0.1) is 0 Å². The second-order valence-corrected chi connectivity index (χ2v) is 15.6. The van der Waals surface area contributed by atoms with E-state index in [4.69, 9.17) is 4.74 Å². The Labute approximate surface area is 215 Å². The molecule has 4 aromatic carbocycles. The molecule has 0 heterocycles. The predicted molar refractivity (Wildman–Crippen MR) is 143 cm³/mol. The second-order valence-electron chi connectivity index (χ2n) is 9.32. The molecule has 0 amide bonds. The molecule has 6 rings (SSSR count). The Morgan fingerprint density at radius 3 is 2.00 bits per heavy atom. The Balaban J connectivity index is 1.72. The number of fused-ring (bicyclic) bond motifs is 3. The third kappa shape index (κ3) is 4.05. The summed E-state index contributed by atoms with van der Waals surface area (Å²) in [5, 5.41) is 0. The number of allylic oxidation sites excluding steroid dienone is 4. The van der Waals surface area contributed by atoms with Crippen LogP contribution >= 0.6 is 0 Å². The van der Waals surface area contributed by atoms with Crippen molar-refractivity contribution in [3.8, 4) is 16.9 Å². The summed E-state index contributed by atoms with van der Waals surface area (Å²) < 4.78 is 9.38. The van der Waals surface area contributed by atoms with Crippen molar-refractivity contribution in [2.45, 2.75) is 17.0 Å². The molecule has 0 spiro atoms. The first-order chi connectivity index (χ1) is 17.2. The molecule has 1 atom stereocenters. The van der Waals surface area contributed by atoms with Crippen molar-refractivity contribution in [3.63, 3.8) is 0 Å². The van der Waals surface area contributed by atoms with Crippen LogP contribution in [0.4, 0.5) is 0 Å². The molecule has 1 nitrogen and oxygen atoms in total. The molecule has 0 radical (unpaired) electrons. The Morgan fingerprint density at radius 2 is 1.37 bits per heavy atom. The van der Waals surface area contributed by atoms with Crippen LogP contribution in [-0.2, 0) is 21.3 Å². The fourth-order valence-corrected chi connectivity index (χ4v) is 14.9. The van der Waals surface area contributed by atoms with E-state index >= 15 is 0 Å². The normalized spacial score (nSPS) is 15.7. The van der Waals surface area contributed by atoms with Gasteiger partial charge < -0.3 is 0 Å². The van der Waals surface area contributed by atoms with Gasteiger partial charge in [-0.2, -0.15) is 0 Å². The molecule has 0 fully saturated rings. The summed E-state index contributed by atoms with van der Waals surface area (Å²) >= 11 is -2.60. The second kappa shape index (κ2) is 9.52. The Kier molecular flexibility index (Phi) is 6.09. The van der Waals surface area contributed by atoms with Crippen LogP contribution in [0.3, 0.4) is 0 Å². The van der Waals surface area contributed by atoms with E-state index in [0.717, 1.165) is 12.2 Å². The minimum atomic E-state index is -2.60.